The molecule has 1 fully saturated rings. The van der Waals surface area contributed by atoms with Crippen LogP contribution in [0.5, 0.6) is 11.5 Å². The van der Waals surface area contributed by atoms with Crippen LogP contribution in [0.3, 0.4) is 0 Å². The molecule has 0 aromatic heterocycles. The molecule has 0 amide bonds. The van der Waals surface area contributed by atoms with Gasteiger partial charge in [0.05, 0.1) is 14.2 Å². The summed E-state index contributed by atoms with van der Waals surface area (Å²) in [5.74, 6) is 2.03. The molecule has 0 heterocycles. The molecular weight excluding hydrogens is 214 g/mol. The molecule has 3 nitrogen and oxygen atoms in total. The highest BCUT2D eigenvalue weighted by Crippen LogP contribution is 2.43. The lowest BCUT2D eigenvalue weighted by Crippen LogP contribution is -2.39. The summed E-state index contributed by atoms with van der Waals surface area (Å²) in [5, 5.41) is 0. The second kappa shape index (κ2) is 4.57. The lowest BCUT2D eigenvalue weighted by atomic mass is 9.82. The summed E-state index contributed by atoms with van der Waals surface area (Å²) in [4.78, 5) is 0. The van der Waals surface area contributed by atoms with Gasteiger partial charge in [0.15, 0.2) is 11.5 Å². The Morgan fingerprint density at radius 1 is 1.24 bits per heavy atom. The van der Waals surface area contributed by atoms with Crippen molar-refractivity contribution in [3.05, 3.63) is 23.8 Å². The first-order valence-electron chi connectivity index (χ1n) is 6.13. The second-order valence-electron chi connectivity index (χ2n) is 4.90. The normalized spacial score (nSPS) is 28.1. The largest absolute Gasteiger partial charge is 0.493 e. The van der Waals surface area contributed by atoms with E-state index in [1.165, 1.54) is 12.8 Å². The minimum Gasteiger partial charge on any atom is -0.493 e. The Labute approximate surface area is 103 Å². The molecule has 1 aliphatic carbocycles. The number of methoxy groups -OCH3 is 2. The van der Waals surface area contributed by atoms with Gasteiger partial charge in [-0.3, -0.25) is 0 Å². The van der Waals surface area contributed by atoms with Crippen molar-refractivity contribution in [2.45, 2.75) is 31.7 Å². The maximum Gasteiger partial charge on any atom is 0.161 e. The summed E-state index contributed by atoms with van der Waals surface area (Å²) in [5.41, 5.74) is 7.49. The fourth-order valence-corrected chi connectivity index (χ4v) is 2.76. The van der Waals surface area contributed by atoms with Gasteiger partial charge >= 0.3 is 0 Å². The van der Waals surface area contributed by atoms with Gasteiger partial charge in [0.1, 0.15) is 0 Å². The topological polar surface area (TPSA) is 44.5 Å². The summed E-state index contributed by atoms with van der Waals surface area (Å²) in [6, 6.07) is 6.01. The number of hydrogen-bond donors (Lipinski definition) is 1. The quantitative estimate of drug-likeness (QED) is 0.876. The van der Waals surface area contributed by atoms with Gasteiger partial charge in [-0.1, -0.05) is 19.4 Å². The predicted octanol–water partition coefficient (Wildman–Crippen LogP) is 2.68. The Kier molecular flexibility index (Phi) is 3.29. The summed E-state index contributed by atoms with van der Waals surface area (Å²) in [7, 11) is 3.30. The minimum atomic E-state index is -0.209. The summed E-state index contributed by atoms with van der Waals surface area (Å²) in [6.45, 7) is 2.23. The van der Waals surface area contributed by atoms with E-state index in [1.807, 2.05) is 12.1 Å². The van der Waals surface area contributed by atoms with Crippen molar-refractivity contribution in [3.63, 3.8) is 0 Å². The molecule has 1 aliphatic rings. The molecule has 2 unspecified atom stereocenters. The Morgan fingerprint density at radius 3 is 2.47 bits per heavy atom. The van der Waals surface area contributed by atoms with Crippen LogP contribution in [-0.2, 0) is 5.54 Å². The van der Waals surface area contributed by atoms with E-state index in [-0.39, 0.29) is 5.54 Å². The van der Waals surface area contributed by atoms with Crippen LogP contribution in [0, 0.1) is 5.92 Å². The first-order chi connectivity index (χ1) is 8.11. The van der Waals surface area contributed by atoms with E-state index >= 15 is 0 Å². The molecule has 1 saturated carbocycles. The van der Waals surface area contributed by atoms with E-state index < -0.39 is 0 Å². The SMILES string of the molecule is COc1ccc(C2(N)CCCC2C)cc1OC. The molecule has 2 rings (SSSR count). The zero-order valence-corrected chi connectivity index (χ0v) is 10.8. The van der Waals surface area contributed by atoms with E-state index in [0.29, 0.717) is 5.92 Å². The van der Waals surface area contributed by atoms with Gasteiger partial charge in [-0.25, -0.2) is 0 Å². The smallest absolute Gasteiger partial charge is 0.161 e. The summed E-state index contributed by atoms with van der Waals surface area (Å²) in [6.07, 6.45) is 3.44. The number of ether oxygens (including phenoxy) is 2. The van der Waals surface area contributed by atoms with Crippen LogP contribution in [0.25, 0.3) is 0 Å². The van der Waals surface area contributed by atoms with E-state index in [0.717, 1.165) is 23.5 Å². The third-order valence-corrected chi connectivity index (χ3v) is 4.03. The van der Waals surface area contributed by atoms with Crippen LogP contribution >= 0.6 is 0 Å². The highest BCUT2D eigenvalue weighted by Gasteiger charge is 2.38. The molecule has 0 spiro atoms. The van der Waals surface area contributed by atoms with E-state index in [2.05, 4.69) is 13.0 Å². The fourth-order valence-electron chi connectivity index (χ4n) is 2.76. The van der Waals surface area contributed by atoms with Crippen molar-refractivity contribution in [2.75, 3.05) is 14.2 Å². The molecule has 1 aromatic rings. The van der Waals surface area contributed by atoms with Gasteiger partial charge in [-0.2, -0.15) is 0 Å². The zero-order chi connectivity index (χ0) is 12.5. The van der Waals surface area contributed by atoms with Crippen LogP contribution in [-0.4, -0.2) is 14.2 Å². The van der Waals surface area contributed by atoms with E-state index in [1.54, 1.807) is 14.2 Å². The first kappa shape index (κ1) is 12.2. The van der Waals surface area contributed by atoms with Crippen LogP contribution in [0.4, 0.5) is 0 Å². The third kappa shape index (κ3) is 2.00. The minimum absolute atomic E-state index is 0.209. The lowest BCUT2D eigenvalue weighted by molar-refractivity contribution is 0.336. The monoisotopic (exact) mass is 235 g/mol. The van der Waals surface area contributed by atoms with Crippen molar-refractivity contribution in [1.29, 1.82) is 0 Å². The Morgan fingerprint density at radius 2 is 1.94 bits per heavy atom. The summed E-state index contributed by atoms with van der Waals surface area (Å²) >= 11 is 0. The third-order valence-electron chi connectivity index (χ3n) is 4.03. The summed E-state index contributed by atoms with van der Waals surface area (Å²) < 4.78 is 10.6. The van der Waals surface area contributed by atoms with Crippen LogP contribution < -0.4 is 15.2 Å². The average molecular weight is 235 g/mol. The molecule has 1 aromatic carbocycles. The Balaban J connectivity index is 2.39. The van der Waals surface area contributed by atoms with Crippen LogP contribution in [0.15, 0.2) is 18.2 Å². The molecule has 2 atom stereocenters. The van der Waals surface area contributed by atoms with Gasteiger partial charge in [0.2, 0.25) is 0 Å². The number of benzene rings is 1. The highest BCUT2D eigenvalue weighted by molar-refractivity contribution is 5.45. The van der Waals surface area contributed by atoms with Crippen molar-refractivity contribution >= 4 is 0 Å². The maximum atomic E-state index is 6.54. The van der Waals surface area contributed by atoms with Crippen LogP contribution in [0.2, 0.25) is 0 Å². The fraction of sp³-hybridized carbons (Fsp3) is 0.571. The average Bonchev–Trinajstić information content (AvgIpc) is 2.70. The van der Waals surface area contributed by atoms with Gasteiger partial charge in [-0.05, 0) is 36.5 Å². The lowest BCUT2D eigenvalue weighted by Gasteiger charge is -2.30. The van der Waals surface area contributed by atoms with Crippen molar-refractivity contribution in [3.8, 4) is 11.5 Å². The first-order valence-corrected chi connectivity index (χ1v) is 6.13. The van der Waals surface area contributed by atoms with Crippen molar-refractivity contribution in [2.24, 2.45) is 11.7 Å². The Bertz CT molecular complexity index is 405. The number of hydrogen-bond acceptors (Lipinski definition) is 3. The van der Waals surface area contributed by atoms with E-state index in [9.17, 15) is 0 Å². The molecule has 2 N–H and O–H groups in total. The zero-order valence-electron chi connectivity index (χ0n) is 10.8. The number of nitrogens with two attached hydrogens (primary N) is 1. The molecule has 94 valence electrons. The molecule has 0 saturated heterocycles. The molecule has 0 radical (unpaired) electrons. The van der Waals surface area contributed by atoms with Crippen molar-refractivity contribution in [1.82, 2.24) is 0 Å². The molecule has 3 heteroatoms. The van der Waals surface area contributed by atoms with E-state index in [4.69, 9.17) is 15.2 Å². The molecule has 0 bridgehead atoms. The van der Waals surface area contributed by atoms with Crippen molar-refractivity contribution < 1.29 is 9.47 Å². The molecule has 17 heavy (non-hydrogen) atoms. The van der Waals surface area contributed by atoms with Crippen LogP contribution in [0.1, 0.15) is 31.7 Å². The molecule has 0 aliphatic heterocycles. The van der Waals surface area contributed by atoms with Gasteiger partial charge in [-0.15, -0.1) is 0 Å². The predicted molar refractivity (Wildman–Crippen MR) is 68.4 cm³/mol. The number of rotatable bonds is 3. The maximum absolute atomic E-state index is 6.54. The second-order valence-corrected chi connectivity index (χ2v) is 4.90. The Hall–Kier alpha value is -1.22. The van der Waals surface area contributed by atoms with Gasteiger partial charge in [0.25, 0.3) is 0 Å². The highest BCUT2D eigenvalue weighted by atomic mass is 16.5. The molecular formula is C14H21NO2. The van der Waals surface area contributed by atoms with Gasteiger partial charge < -0.3 is 15.2 Å². The standard InChI is InChI=1S/C14H21NO2/c1-10-5-4-8-14(10,15)11-6-7-12(16-2)13(9-11)17-3/h6-7,9-10H,4-5,8,15H2,1-3H3. The van der Waals surface area contributed by atoms with Gasteiger partial charge in [0, 0.05) is 5.54 Å².